The van der Waals surface area contributed by atoms with Gasteiger partial charge in [0.15, 0.2) is 0 Å². The van der Waals surface area contributed by atoms with E-state index < -0.39 is 10.8 Å². The zero-order valence-corrected chi connectivity index (χ0v) is 16.0. The van der Waals surface area contributed by atoms with Crippen LogP contribution in [-0.4, -0.2) is 47.2 Å². The Labute approximate surface area is 167 Å². The molecule has 0 aromatic heterocycles. The summed E-state index contributed by atoms with van der Waals surface area (Å²) < 4.78 is 0. The number of nitrogens with one attached hydrogen (secondary N) is 1. The lowest BCUT2D eigenvalue weighted by atomic mass is 10.1. The number of nitro groups is 1. The minimum absolute atomic E-state index is 0.118. The van der Waals surface area contributed by atoms with Gasteiger partial charge < -0.3 is 15.1 Å². The first kappa shape index (κ1) is 20.0. The summed E-state index contributed by atoms with van der Waals surface area (Å²) in [6.45, 7) is 1.57. The van der Waals surface area contributed by atoms with Crippen LogP contribution in [0.4, 0.5) is 17.1 Å². The van der Waals surface area contributed by atoms with Crippen LogP contribution in [0.1, 0.15) is 23.7 Å². The van der Waals surface area contributed by atoms with Crippen LogP contribution in [-0.2, 0) is 9.59 Å². The summed E-state index contributed by atoms with van der Waals surface area (Å²) >= 11 is 0. The summed E-state index contributed by atoms with van der Waals surface area (Å²) in [4.78, 5) is 50.7. The molecule has 0 bridgehead atoms. The van der Waals surface area contributed by atoms with Gasteiger partial charge in [-0.2, -0.15) is 0 Å². The fraction of sp³-hybridized carbons (Fsp3) is 0.250. The zero-order chi connectivity index (χ0) is 21.1. The van der Waals surface area contributed by atoms with Gasteiger partial charge in [-0.25, -0.2) is 0 Å². The number of non-ortho nitro benzene ring substituents is 1. The number of fused-ring (bicyclic) bond motifs is 1. The van der Waals surface area contributed by atoms with Gasteiger partial charge in [-0.1, -0.05) is 12.1 Å². The smallest absolute Gasteiger partial charge is 0.269 e. The molecule has 0 spiro atoms. The maximum absolute atomic E-state index is 13.0. The average molecular weight is 396 g/mol. The van der Waals surface area contributed by atoms with Gasteiger partial charge >= 0.3 is 0 Å². The highest BCUT2D eigenvalue weighted by Gasteiger charge is 2.30. The van der Waals surface area contributed by atoms with Crippen molar-refractivity contribution in [1.29, 1.82) is 0 Å². The summed E-state index contributed by atoms with van der Waals surface area (Å²) in [5.41, 5.74) is 1.24. The monoisotopic (exact) mass is 396 g/mol. The Bertz CT molecular complexity index is 973. The number of carbonyl (C=O) groups excluding carboxylic acids is 3. The van der Waals surface area contributed by atoms with Crippen molar-refractivity contribution in [2.45, 2.75) is 19.4 Å². The lowest BCUT2D eigenvalue weighted by Crippen LogP contribution is -2.45. The van der Waals surface area contributed by atoms with Crippen LogP contribution in [0.3, 0.4) is 0 Å². The number of benzene rings is 2. The number of anilines is 2. The van der Waals surface area contributed by atoms with Crippen LogP contribution in [0.2, 0.25) is 0 Å². The minimum Gasteiger partial charge on any atom is -0.332 e. The summed E-state index contributed by atoms with van der Waals surface area (Å²) in [5.74, 6) is -0.951. The summed E-state index contributed by atoms with van der Waals surface area (Å²) in [6, 6.07) is 11.8. The number of para-hydroxylation sites is 2. The first-order valence-corrected chi connectivity index (χ1v) is 8.99. The predicted octanol–water partition coefficient (Wildman–Crippen LogP) is 2.43. The Hall–Kier alpha value is -3.75. The van der Waals surface area contributed by atoms with Crippen molar-refractivity contribution in [2.75, 3.05) is 23.8 Å². The van der Waals surface area contributed by atoms with E-state index in [1.54, 1.807) is 31.2 Å². The molecule has 150 valence electrons. The Morgan fingerprint density at radius 2 is 1.86 bits per heavy atom. The molecule has 1 N–H and O–H groups in total. The van der Waals surface area contributed by atoms with Crippen LogP contribution >= 0.6 is 0 Å². The molecule has 9 heteroatoms. The topological polar surface area (TPSA) is 113 Å². The number of amides is 3. The summed E-state index contributed by atoms with van der Waals surface area (Å²) in [5, 5.41) is 13.5. The van der Waals surface area contributed by atoms with E-state index in [1.165, 1.54) is 41.1 Å². The van der Waals surface area contributed by atoms with Gasteiger partial charge in [0.2, 0.25) is 11.8 Å². The average Bonchev–Trinajstić information content (AvgIpc) is 2.81. The van der Waals surface area contributed by atoms with E-state index >= 15 is 0 Å². The van der Waals surface area contributed by atoms with Gasteiger partial charge in [0.05, 0.1) is 16.3 Å². The number of nitrogens with zero attached hydrogens (tertiary/aromatic N) is 3. The molecule has 1 atom stereocenters. The van der Waals surface area contributed by atoms with E-state index in [0.29, 0.717) is 11.4 Å². The zero-order valence-electron chi connectivity index (χ0n) is 16.0. The normalized spacial score (nSPS) is 15.7. The SMILES string of the molecule is C[C@H]1CC(=O)Nc2ccccc2N1C(=O)CN(C)C(=O)c1ccc([N+](=O)[O-])cc1. The van der Waals surface area contributed by atoms with Gasteiger partial charge in [-0.05, 0) is 31.2 Å². The van der Waals surface area contributed by atoms with Crippen molar-refractivity contribution in [3.05, 3.63) is 64.2 Å². The van der Waals surface area contributed by atoms with Crippen LogP contribution < -0.4 is 10.2 Å². The quantitative estimate of drug-likeness (QED) is 0.630. The van der Waals surface area contributed by atoms with Gasteiger partial charge in [-0.15, -0.1) is 0 Å². The number of hydrogen-bond acceptors (Lipinski definition) is 5. The van der Waals surface area contributed by atoms with Gasteiger partial charge in [0, 0.05) is 37.2 Å². The molecular weight excluding hydrogens is 376 g/mol. The second kappa shape index (κ2) is 8.09. The molecule has 2 aromatic rings. The van der Waals surface area contributed by atoms with Crippen molar-refractivity contribution in [3.63, 3.8) is 0 Å². The molecule has 3 amide bonds. The van der Waals surface area contributed by atoms with Crippen LogP contribution in [0, 0.1) is 10.1 Å². The van der Waals surface area contributed by atoms with Crippen LogP contribution in [0.5, 0.6) is 0 Å². The molecule has 0 unspecified atom stereocenters. The molecule has 0 saturated carbocycles. The van der Waals surface area contributed by atoms with Gasteiger partial charge in [0.1, 0.15) is 6.54 Å². The second-order valence-corrected chi connectivity index (χ2v) is 6.85. The molecule has 0 saturated heterocycles. The number of nitro benzene ring substituents is 1. The summed E-state index contributed by atoms with van der Waals surface area (Å²) in [6.07, 6.45) is 0.139. The van der Waals surface area contributed by atoms with Crippen molar-refractivity contribution >= 4 is 34.8 Å². The first-order chi connectivity index (χ1) is 13.8. The van der Waals surface area contributed by atoms with E-state index in [-0.39, 0.29) is 42.1 Å². The number of likely N-dealkylation sites (N-methyl/N-ethyl adjacent to an activating group) is 1. The molecule has 1 aliphatic heterocycles. The van der Waals surface area contributed by atoms with Gasteiger partial charge in [-0.3, -0.25) is 24.5 Å². The van der Waals surface area contributed by atoms with E-state index in [1.807, 2.05) is 0 Å². The second-order valence-electron chi connectivity index (χ2n) is 6.85. The predicted molar refractivity (Wildman–Crippen MR) is 107 cm³/mol. The highest BCUT2D eigenvalue weighted by molar-refractivity contribution is 6.06. The Morgan fingerprint density at radius 3 is 2.52 bits per heavy atom. The molecule has 2 aromatic carbocycles. The van der Waals surface area contributed by atoms with Crippen molar-refractivity contribution in [2.24, 2.45) is 0 Å². The number of hydrogen-bond donors (Lipinski definition) is 1. The fourth-order valence-electron chi connectivity index (χ4n) is 3.26. The fourth-order valence-corrected chi connectivity index (χ4v) is 3.26. The Balaban J connectivity index is 1.78. The van der Waals surface area contributed by atoms with E-state index in [0.717, 1.165) is 0 Å². The number of rotatable bonds is 4. The molecule has 0 radical (unpaired) electrons. The third-order valence-corrected chi connectivity index (χ3v) is 4.67. The minimum atomic E-state index is -0.547. The number of carbonyl (C=O) groups is 3. The molecule has 9 nitrogen and oxygen atoms in total. The Kier molecular flexibility index (Phi) is 5.58. The molecule has 29 heavy (non-hydrogen) atoms. The van der Waals surface area contributed by atoms with Crippen molar-refractivity contribution in [3.8, 4) is 0 Å². The molecular formula is C20H20N4O5. The highest BCUT2D eigenvalue weighted by atomic mass is 16.6. The highest BCUT2D eigenvalue weighted by Crippen LogP contribution is 2.31. The lowest BCUT2D eigenvalue weighted by molar-refractivity contribution is -0.384. The van der Waals surface area contributed by atoms with E-state index in [4.69, 9.17) is 0 Å². The van der Waals surface area contributed by atoms with Crippen LogP contribution in [0.15, 0.2) is 48.5 Å². The Morgan fingerprint density at radius 1 is 1.21 bits per heavy atom. The van der Waals surface area contributed by atoms with E-state index in [9.17, 15) is 24.5 Å². The largest absolute Gasteiger partial charge is 0.332 e. The third kappa shape index (κ3) is 4.23. The molecule has 1 aliphatic rings. The first-order valence-electron chi connectivity index (χ1n) is 8.99. The third-order valence-electron chi connectivity index (χ3n) is 4.67. The van der Waals surface area contributed by atoms with Crippen molar-refractivity contribution in [1.82, 2.24) is 4.90 Å². The van der Waals surface area contributed by atoms with Crippen molar-refractivity contribution < 1.29 is 19.3 Å². The standard InChI is InChI=1S/C20H20N4O5/c1-13-11-18(25)21-16-5-3-4-6-17(16)23(13)19(26)12-22(2)20(27)14-7-9-15(10-8-14)24(28)29/h3-10,13H,11-12H2,1-2H3,(H,21,25)/t13-/m0/s1. The van der Waals surface area contributed by atoms with Gasteiger partial charge in [0.25, 0.3) is 11.6 Å². The lowest BCUT2D eigenvalue weighted by Gasteiger charge is -2.29. The maximum atomic E-state index is 13.0. The summed E-state index contributed by atoms with van der Waals surface area (Å²) in [7, 11) is 1.49. The molecule has 1 heterocycles. The molecule has 0 fully saturated rings. The molecule has 3 rings (SSSR count). The molecule has 0 aliphatic carbocycles. The van der Waals surface area contributed by atoms with E-state index in [2.05, 4.69) is 5.32 Å². The van der Waals surface area contributed by atoms with Crippen LogP contribution in [0.25, 0.3) is 0 Å². The maximum Gasteiger partial charge on any atom is 0.269 e.